The topological polar surface area (TPSA) is 87.1 Å². The van der Waals surface area contributed by atoms with Gasteiger partial charge in [0.2, 0.25) is 5.82 Å². The first-order valence-corrected chi connectivity index (χ1v) is 3.58. The third-order valence-corrected chi connectivity index (χ3v) is 1.34. The van der Waals surface area contributed by atoms with Crippen molar-refractivity contribution in [2.45, 2.75) is 0 Å². The third kappa shape index (κ3) is 2.00. The zero-order valence-electron chi connectivity index (χ0n) is 7.72. The number of ether oxygens (including phenoxy) is 2. The van der Waals surface area contributed by atoms with Gasteiger partial charge in [0.25, 0.3) is 5.82 Å². The number of aromatic nitrogens is 4. The molecule has 1 heterocycles. The van der Waals surface area contributed by atoms with Crippen LogP contribution in [0.25, 0.3) is 5.76 Å². The third-order valence-electron chi connectivity index (χ3n) is 1.34. The van der Waals surface area contributed by atoms with E-state index in [2.05, 4.69) is 31.7 Å². The van der Waals surface area contributed by atoms with E-state index in [1.807, 2.05) is 0 Å². The maximum atomic E-state index is 10.9. The van der Waals surface area contributed by atoms with Crippen molar-refractivity contribution >= 4 is 11.7 Å². The molecule has 1 aromatic rings. The first kappa shape index (κ1) is 10.0. The zero-order chi connectivity index (χ0) is 10.6. The number of nitrogens with zero attached hydrogens (tertiary/aromatic N) is 4. The molecule has 0 atom stereocenters. The highest BCUT2D eigenvalue weighted by atomic mass is 16.5. The van der Waals surface area contributed by atoms with E-state index in [9.17, 15) is 4.79 Å². The second-order valence-corrected chi connectivity index (χ2v) is 2.17. The molecule has 0 aliphatic carbocycles. The van der Waals surface area contributed by atoms with E-state index in [0.717, 1.165) is 0 Å². The van der Waals surface area contributed by atoms with Crippen LogP contribution < -0.4 is 0 Å². The van der Waals surface area contributed by atoms with Crippen LogP contribution in [0.15, 0.2) is 6.58 Å². The molecule has 0 aliphatic heterocycles. The van der Waals surface area contributed by atoms with Crippen LogP contribution in [-0.2, 0) is 9.47 Å². The van der Waals surface area contributed by atoms with Gasteiger partial charge in [-0.2, -0.15) is 0 Å². The van der Waals surface area contributed by atoms with Gasteiger partial charge in [-0.1, -0.05) is 6.58 Å². The Hall–Kier alpha value is -2.05. The van der Waals surface area contributed by atoms with E-state index in [-0.39, 0.29) is 17.4 Å². The van der Waals surface area contributed by atoms with Crippen molar-refractivity contribution in [1.82, 2.24) is 20.4 Å². The number of esters is 1. The van der Waals surface area contributed by atoms with E-state index in [1.165, 1.54) is 14.2 Å². The lowest BCUT2D eigenvalue weighted by Gasteiger charge is -2.00. The lowest BCUT2D eigenvalue weighted by Crippen LogP contribution is -2.12. The molecule has 0 N–H and O–H groups in total. The predicted molar refractivity (Wildman–Crippen MR) is 45.0 cm³/mol. The van der Waals surface area contributed by atoms with Gasteiger partial charge in [0.1, 0.15) is 0 Å². The smallest absolute Gasteiger partial charge is 0.379 e. The molecule has 1 rings (SSSR count). The highest BCUT2D eigenvalue weighted by Crippen LogP contribution is 2.03. The normalized spacial score (nSPS) is 9.29. The van der Waals surface area contributed by atoms with E-state index >= 15 is 0 Å². The van der Waals surface area contributed by atoms with Gasteiger partial charge < -0.3 is 9.47 Å². The minimum atomic E-state index is -0.695. The fraction of sp³-hybridized carbons (Fsp3) is 0.286. The highest BCUT2D eigenvalue weighted by Gasteiger charge is 2.12. The van der Waals surface area contributed by atoms with Crippen molar-refractivity contribution < 1.29 is 14.3 Å². The van der Waals surface area contributed by atoms with Crippen molar-refractivity contribution in [2.75, 3.05) is 14.2 Å². The number of hydrogen-bond acceptors (Lipinski definition) is 7. The van der Waals surface area contributed by atoms with Crippen LogP contribution >= 0.6 is 0 Å². The molecule has 0 saturated carbocycles. The van der Waals surface area contributed by atoms with Crippen LogP contribution in [0.1, 0.15) is 16.4 Å². The fourth-order valence-electron chi connectivity index (χ4n) is 0.605. The summed E-state index contributed by atoms with van der Waals surface area (Å²) in [5, 5.41) is 14.1. The van der Waals surface area contributed by atoms with Crippen LogP contribution in [0.4, 0.5) is 0 Å². The molecule has 0 bridgehead atoms. The van der Waals surface area contributed by atoms with Crippen molar-refractivity contribution in [2.24, 2.45) is 0 Å². The standard InChI is InChI=1S/C7H8N4O3/c1-4(13-2)5-8-10-6(11-9-5)7(12)14-3/h1H2,2-3H3. The number of rotatable bonds is 3. The zero-order valence-corrected chi connectivity index (χ0v) is 7.72. The second kappa shape index (κ2) is 4.26. The molecule has 1 aromatic heterocycles. The number of methoxy groups -OCH3 is 2. The quantitative estimate of drug-likeness (QED) is 0.483. The molecule has 0 saturated heterocycles. The van der Waals surface area contributed by atoms with Crippen molar-refractivity contribution in [3.8, 4) is 0 Å². The van der Waals surface area contributed by atoms with Gasteiger partial charge in [0.15, 0.2) is 5.76 Å². The summed E-state index contributed by atoms with van der Waals surface area (Å²) >= 11 is 0. The van der Waals surface area contributed by atoms with Gasteiger partial charge >= 0.3 is 5.97 Å². The van der Waals surface area contributed by atoms with Crippen molar-refractivity contribution in [3.05, 3.63) is 18.2 Å². The summed E-state index contributed by atoms with van der Waals surface area (Å²) in [5.41, 5.74) is 0. The van der Waals surface area contributed by atoms with Gasteiger partial charge in [0, 0.05) is 0 Å². The van der Waals surface area contributed by atoms with E-state index in [1.54, 1.807) is 0 Å². The van der Waals surface area contributed by atoms with Crippen LogP contribution in [0, 0.1) is 0 Å². The Kier molecular flexibility index (Phi) is 3.05. The Labute approximate surface area is 79.8 Å². The Morgan fingerprint density at radius 2 is 1.57 bits per heavy atom. The molecule has 0 spiro atoms. The van der Waals surface area contributed by atoms with Gasteiger partial charge in [-0.25, -0.2) is 4.79 Å². The molecule has 0 unspecified atom stereocenters. The average Bonchev–Trinajstić information content (AvgIpc) is 2.27. The lowest BCUT2D eigenvalue weighted by atomic mass is 10.5. The minimum absolute atomic E-state index is 0.125. The first-order chi connectivity index (χ1) is 6.69. The summed E-state index contributed by atoms with van der Waals surface area (Å²) < 4.78 is 9.11. The van der Waals surface area contributed by atoms with Crippen LogP contribution in [0.5, 0.6) is 0 Å². The number of carbonyl (C=O) groups excluding carboxylic acids is 1. The van der Waals surface area contributed by atoms with Gasteiger partial charge in [-0.15, -0.1) is 20.4 Å². The summed E-state index contributed by atoms with van der Waals surface area (Å²) in [6, 6.07) is 0. The van der Waals surface area contributed by atoms with Crippen molar-refractivity contribution in [1.29, 1.82) is 0 Å². The lowest BCUT2D eigenvalue weighted by molar-refractivity contribution is 0.0583. The number of hydrogen-bond donors (Lipinski definition) is 0. The fourth-order valence-corrected chi connectivity index (χ4v) is 0.605. The molecule has 7 nitrogen and oxygen atoms in total. The molecule has 7 heteroatoms. The number of carbonyl (C=O) groups is 1. The molecule has 0 fully saturated rings. The molecule has 74 valence electrons. The monoisotopic (exact) mass is 196 g/mol. The maximum absolute atomic E-state index is 10.9. The molecular weight excluding hydrogens is 188 g/mol. The first-order valence-electron chi connectivity index (χ1n) is 3.58. The van der Waals surface area contributed by atoms with Crippen LogP contribution in [-0.4, -0.2) is 40.6 Å². The van der Waals surface area contributed by atoms with Gasteiger partial charge in [-0.05, 0) is 0 Å². The molecule has 14 heavy (non-hydrogen) atoms. The molecule has 0 aromatic carbocycles. The maximum Gasteiger partial charge on any atom is 0.379 e. The SMILES string of the molecule is C=C(OC)c1nnc(C(=O)OC)nn1. The molecule has 0 amide bonds. The second-order valence-electron chi connectivity index (χ2n) is 2.17. The highest BCUT2D eigenvalue weighted by molar-refractivity contribution is 5.84. The van der Waals surface area contributed by atoms with Gasteiger partial charge in [-0.3, -0.25) is 0 Å². The Balaban J connectivity index is 2.89. The van der Waals surface area contributed by atoms with Crippen LogP contribution in [0.2, 0.25) is 0 Å². The van der Waals surface area contributed by atoms with E-state index in [0.29, 0.717) is 0 Å². The average molecular weight is 196 g/mol. The van der Waals surface area contributed by atoms with Crippen LogP contribution in [0.3, 0.4) is 0 Å². The van der Waals surface area contributed by atoms with Crippen molar-refractivity contribution in [3.63, 3.8) is 0 Å². The largest absolute Gasteiger partial charge is 0.493 e. The van der Waals surface area contributed by atoms with E-state index < -0.39 is 5.97 Å². The Morgan fingerprint density at radius 3 is 2.00 bits per heavy atom. The summed E-state index contributed by atoms with van der Waals surface area (Å²) in [4.78, 5) is 10.9. The molecule has 0 aliphatic rings. The predicted octanol–water partition coefficient (Wildman–Crippen LogP) is -0.330. The Morgan fingerprint density at radius 1 is 1.07 bits per heavy atom. The van der Waals surface area contributed by atoms with E-state index in [4.69, 9.17) is 4.74 Å². The molecular formula is C7H8N4O3. The summed E-state index contributed by atoms with van der Waals surface area (Å²) in [5.74, 6) is -0.554. The van der Waals surface area contributed by atoms with Gasteiger partial charge in [0.05, 0.1) is 14.2 Å². The molecule has 0 radical (unpaired) electrons. The minimum Gasteiger partial charge on any atom is -0.493 e. The summed E-state index contributed by atoms with van der Waals surface area (Å²) in [6.07, 6.45) is 0. The summed E-state index contributed by atoms with van der Waals surface area (Å²) in [7, 11) is 2.63. The summed E-state index contributed by atoms with van der Waals surface area (Å²) in [6.45, 7) is 3.49. The Bertz CT molecular complexity index is 313.